The van der Waals surface area contributed by atoms with Gasteiger partial charge in [-0.1, -0.05) is 94.6 Å². The summed E-state index contributed by atoms with van der Waals surface area (Å²) in [6.45, 7) is 3.76. The number of alkyl halides is 1. The maximum absolute atomic E-state index is 12.0. The first kappa shape index (κ1) is 27.4. The molecule has 1 N–H and O–H groups in total. The number of unbranched alkanes of at least 4 members (excludes halogenated alkanes) is 6. The van der Waals surface area contributed by atoms with E-state index in [9.17, 15) is 9.18 Å². The van der Waals surface area contributed by atoms with Crippen LogP contribution in [0.4, 0.5) is 4.39 Å². The van der Waals surface area contributed by atoms with Crippen LogP contribution in [0.3, 0.4) is 0 Å². The SMILES string of the molecule is CCCCCCCC/C=C\C/C=C\C/C=C\C/C=C\CC[C@@H](C)C(=O)NCCF. The van der Waals surface area contributed by atoms with E-state index in [-0.39, 0.29) is 18.4 Å². The van der Waals surface area contributed by atoms with Gasteiger partial charge in [0.05, 0.1) is 0 Å². The van der Waals surface area contributed by atoms with Gasteiger partial charge in [0.2, 0.25) is 5.91 Å². The molecule has 0 bridgehead atoms. The molecule has 0 fully saturated rings. The number of halogens is 1. The van der Waals surface area contributed by atoms with Crippen LogP contribution >= 0.6 is 0 Å². The van der Waals surface area contributed by atoms with Crippen molar-refractivity contribution >= 4 is 5.91 Å². The summed E-state index contributed by atoms with van der Waals surface area (Å²) in [5.41, 5.74) is 0. The summed E-state index contributed by atoms with van der Waals surface area (Å²) in [5, 5.41) is 2.58. The lowest BCUT2D eigenvalue weighted by Gasteiger charge is -2.09. The Morgan fingerprint density at radius 2 is 1.31 bits per heavy atom. The van der Waals surface area contributed by atoms with Crippen LogP contribution in [0.2, 0.25) is 0 Å². The van der Waals surface area contributed by atoms with Gasteiger partial charge in [-0.25, -0.2) is 4.39 Å². The van der Waals surface area contributed by atoms with Crippen LogP contribution in [0, 0.1) is 5.92 Å². The lowest BCUT2D eigenvalue weighted by Crippen LogP contribution is -2.30. The van der Waals surface area contributed by atoms with Crippen molar-refractivity contribution in [1.82, 2.24) is 5.32 Å². The topological polar surface area (TPSA) is 29.1 Å². The van der Waals surface area contributed by atoms with Crippen LogP contribution in [-0.4, -0.2) is 19.1 Å². The summed E-state index contributed by atoms with van der Waals surface area (Å²) in [7, 11) is 0. The van der Waals surface area contributed by atoms with Crippen molar-refractivity contribution in [2.75, 3.05) is 13.2 Å². The Labute approximate surface area is 179 Å². The van der Waals surface area contributed by atoms with Crippen molar-refractivity contribution in [3.8, 4) is 0 Å². The van der Waals surface area contributed by atoms with Crippen LogP contribution in [0.1, 0.15) is 90.9 Å². The van der Waals surface area contributed by atoms with Crippen molar-refractivity contribution < 1.29 is 9.18 Å². The van der Waals surface area contributed by atoms with Crippen LogP contribution in [0.15, 0.2) is 48.6 Å². The molecule has 1 atom stereocenters. The number of rotatable bonds is 19. The molecule has 3 heteroatoms. The van der Waals surface area contributed by atoms with Crippen molar-refractivity contribution in [2.45, 2.75) is 90.9 Å². The van der Waals surface area contributed by atoms with Gasteiger partial charge in [-0.05, 0) is 44.9 Å². The van der Waals surface area contributed by atoms with Gasteiger partial charge in [0, 0.05) is 12.5 Å². The first-order valence-electron chi connectivity index (χ1n) is 11.7. The van der Waals surface area contributed by atoms with E-state index < -0.39 is 6.67 Å². The molecule has 0 aromatic rings. The maximum Gasteiger partial charge on any atom is 0.222 e. The van der Waals surface area contributed by atoms with Gasteiger partial charge < -0.3 is 5.32 Å². The van der Waals surface area contributed by atoms with Crippen molar-refractivity contribution in [3.05, 3.63) is 48.6 Å². The van der Waals surface area contributed by atoms with E-state index in [0.717, 1.165) is 32.1 Å². The zero-order valence-electron chi connectivity index (χ0n) is 18.9. The molecular formula is C26H44FNO. The maximum atomic E-state index is 12.0. The zero-order valence-corrected chi connectivity index (χ0v) is 18.9. The fourth-order valence-electron chi connectivity index (χ4n) is 2.91. The Morgan fingerprint density at radius 3 is 1.90 bits per heavy atom. The van der Waals surface area contributed by atoms with Gasteiger partial charge >= 0.3 is 0 Å². The highest BCUT2D eigenvalue weighted by Gasteiger charge is 2.10. The van der Waals surface area contributed by atoms with Crippen LogP contribution in [0.5, 0.6) is 0 Å². The highest BCUT2D eigenvalue weighted by molar-refractivity contribution is 5.78. The molecule has 0 saturated carbocycles. The molecule has 29 heavy (non-hydrogen) atoms. The molecule has 166 valence electrons. The summed E-state index contributed by atoms with van der Waals surface area (Å²) < 4.78 is 12.0. The highest BCUT2D eigenvalue weighted by Crippen LogP contribution is 2.08. The highest BCUT2D eigenvalue weighted by atomic mass is 19.1. The number of carbonyl (C=O) groups excluding carboxylic acids is 1. The van der Waals surface area contributed by atoms with E-state index in [0.29, 0.717) is 0 Å². The smallest absolute Gasteiger partial charge is 0.222 e. The van der Waals surface area contributed by atoms with Gasteiger partial charge in [-0.3, -0.25) is 4.79 Å². The normalized spacial score (nSPS) is 13.3. The third-order valence-electron chi connectivity index (χ3n) is 4.82. The van der Waals surface area contributed by atoms with Gasteiger partial charge in [-0.15, -0.1) is 0 Å². The van der Waals surface area contributed by atoms with Crippen molar-refractivity contribution in [2.24, 2.45) is 5.92 Å². The quantitative estimate of drug-likeness (QED) is 0.174. The van der Waals surface area contributed by atoms with Crippen LogP contribution in [0.25, 0.3) is 0 Å². The number of hydrogen-bond donors (Lipinski definition) is 1. The minimum atomic E-state index is -0.504. The monoisotopic (exact) mass is 405 g/mol. The molecule has 0 saturated heterocycles. The molecule has 1 amide bonds. The second-order valence-corrected chi connectivity index (χ2v) is 7.61. The fourth-order valence-corrected chi connectivity index (χ4v) is 2.91. The second-order valence-electron chi connectivity index (χ2n) is 7.61. The van der Waals surface area contributed by atoms with Crippen LogP contribution in [-0.2, 0) is 4.79 Å². The Morgan fingerprint density at radius 1 is 0.793 bits per heavy atom. The second kappa shape index (κ2) is 22.6. The van der Waals surface area contributed by atoms with Gasteiger partial charge in [0.1, 0.15) is 6.67 Å². The van der Waals surface area contributed by atoms with Gasteiger partial charge in [-0.2, -0.15) is 0 Å². The minimum absolute atomic E-state index is 0.0556. The lowest BCUT2D eigenvalue weighted by molar-refractivity contribution is -0.124. The number of allylic oxidation sites excluding steroid dienone is 8. The number of amides is 1. The van der Waals surface area contributed by atoms with Crippen LogP contribution < -0.4 is 5.32 Å². The third-order valence-corrected chi connectivity index (χ3v) is 4.82. The van der Waals surface area contributed by atoms with E-state index in [1.54, 1.807) is 0 Å². The molecule has 2 nitrogen and oxygen atoms in total. The molecule has 0 rings (SSSR count). The molecule has 0 spiro atoms. The molecule has 0 radical (unpaired) electrons. The molecule has 0 unspecified atom stereocenters. The lowest BCUT2D eigenvalue weighted by atomic mass is 10.0. The molecule has 0 aliphatic heterocycles. The molecular weight excluding hydrogens is 361 g/mol. The van der Waals surface area contributed by atoms with Gasteiger partial charge in [0.15, 0.2) is 0 Å². The zero-order chi connectivity index (χ0) is 21.4. The molecule has 0 aliphatic rings. The first-order valence-corrected chi connectivity index (χ1v) is 11.7. The first-order chi connectivity index (χ1) is 14.2. The summed E-state index contributed by atoms with van der Waals surface area (Å²) in [6, 6.07) is 0. The Kier molecular flexibility index (Phi) is 21.4. The van der Waals surface area contributed by atoms with E-state index in [1.165, 1.54) is 44.9 Å². The average molecular weight is 406 g/mol. The van der Waals surface area contributed by atoms with E-state index in [1.807, 2.05) is 6.92 Å². The average Bonchev–Trinajstić information content (AvgIpc) is 2.73. The van der Waals surface area contributed by atoms with Gasteiger partial charge in [0.25, 0.3) is 0 Å². The summed E-state index contributed by atoms with van der Waals surface area (Å²) in [4.78, 5) is 11.6. The Bertz CT molecular complexity index is 479. The standard InChI is InChI=1S/C26H44FNO/c1-3-4-5-6-7-8-9-10-11-12-13-14-15-16-17-18-19-20-21-22-25(2)26(29)28-24-23-27/h10-11,13-14,16-17,19-20,25H,3-9,12,15,18,21-24H2,1-2H3,(H,28,29)/b11-10-,14-13-,17-16-,20-19-/t25-/m1/s1. The molecule has 0 aromatic carbocycles. The molecule has 0 aliphatic carbocycles. The third kappa shape index (κ3) is 20.9. The summed E-state index contributed by atoms with van der Waals surface area (Å²) >= 11 is 0. The van der Waals surface area contributed by atoms with Crippen molar-refractivity contribution in [3.63, 3.8) is 0 Å². The molecule has 0 aromatic heterocycles. The minimum Gasteiger partial charge on any atom is -0.353 e. The number of nitrogens with one attached hydrogen (secondary N) is 1. The predicted octanol–water partition coefficient (Wildman–Crippen LogP) is 7.63. The van der Waals surface area contributed by atoms with E-state index in [2.05, 4.69) is 60.8 Å². The van der Waals surface area contributed by atoms with E-state index >= 15 is 0 Å². The summed E-state index contributed by atoms with van der Waals surface area (Å²) in [6.07, 6.45) is 31.7. The Balaban J connectivity index is 3.53. The number of hydrogen-bond acceptors (Lipinski definition) is 1. The Hall–Kier alpha value is -1.64. The fraction of sp³-hybridized carbons (Fsp3) is 0.654. The summed E-state index contributed by atoms with van der Waals surface area (Å²) in [5.74, 6) is -0.119. The van der Waals surface area contributed by atoms with Crippen molar-refractivity contribution in [1.29, 1.82) is 0 Å². The largest absolute Gasteiger partial charge is 0.353 e. The predicted molar refractivity (Wildman–Crippen MR) is 126 cm³/mol. The van der Waals surface area contributed by atoms with E-state index in [4.69, 9.17) is 0 Å². The number of carbonyl (C=O) groups is 1. The molecule has 0 heterocycles.